The van der Waals surface area contributed by atoms with Gasteiger partial charge in [-0.1, -0.05) is 18.2 Å². The smallest absolute Gasteiger partial charge is 0.180 e. The molecule has 0 saturated carbocycles. The number of hydrogen-bond acceptors (Lipinski definition) is 5. The molecule has 1 aliphatic heterocycles. The quantitative estimate of drug-likeness (QED) is 0.807. The first kappa shape index (κ1) is 13.5. The van der Waals surface area contributed by atoms with E-state index in [4.69, 9.17) is 5.73 Å². The summed E-state index contributed by atoms with van der Waals surface area (Å²) >= 11 is 1.57. The molecule has 2 aromatic heterocycles. The van der Waals surface area contributed by atoms with Gasteiger partial charge < -0.3 is 5.73 Å². The van der Waals surface area contributed by atoms with Gasteiger partial charge in [-0.15, -0.1) is 11.3 Å². The van der Waals surface area contributed by atoms with E-state index in [1.54, 1.807) is 11.3 Å². The Morgan fingerprint density at radius 3 is 2.82 bits per heavy atom. The topological polar surface area (TPSA) is 60.0 Å². The van der Waals surface area contributed by atoms with Crippen molar-refractivity contribution in [1.29, 1.82) is 0 Å². The summed E-state index contributed by atoms with van der Waals surface area (Å²) in [6.45, 7) is 2.87. The van der Waals surface area contributed by atoms with Gasteiger partial charge in [-0.05, 0) is 12.1 Å². The molecule has 0 bridgehead atoms. The first-order valence-corrected chi connectivity index (χ1v) is 8.15. The van der Waals surface area contributed by atoms with Crippen molar-refractivity contribution in [2.24, 2.45) is 0 Å². The van der Waals surface area contributed by atoms with E-state index in [1.807, 2.05) is 30.6 Å². The number of thiazole rings is 1. The Balaban J connectivity index is 1.54. The molecule has 1 aromatic carbocycles. The number of hydrogen-bond donors (Lipinski definition) is 1. The first-order valence-electron chi connectivity index (χ1n) is 7.33. The highest BCUT2D eigenvalue weighted by atomic mass is 32.1. The van der Waals surface area contributed by atoms with Gasteiger partial charge in [0.25, 0.3) is 0 Å². The van der Waals surface area contributed by atoms with Crippen LogP contribution in [0.4, 0.5) is 5.13 Å². The molecule has 0 fully saturated rings. The van der Waals surface area contributed by atoms with Crippen molar-refractivity contribution in [3.63, 3.8) is 0 Å². The lowest BCUT2D eigenvalue weighted by Crippen LogP contribution is -2.30. The minimum absolute atomic E-state index is 0.643. The standard InChI is InChI=1S/C16H17N5S/c17-16-18-9-14(22-16)11-20-7-6-15-12(10-20)8-19-21(15)13-4-2-1-3-5-13/h1-5,8-9H,6-7,10-11H2,(H2,17,18). The molecule has 2 N–H and O–H groups in total. The van der Waals surface area contributed by atoms with Gasteiger partial charge >= 0.3 is 0 Å². The lowest BCUT2D eigenvalue weighted by atomic mass is 10.1. The zero-order valence-corrected chi connectivity index (χ0v) is 13.0. The molecule has 6 heteroatoms. The number of nitrogens with zero attached hydrogens (tertiary/aromatic N) is 4. The summed E-state index contributed by atoms with van der Waals surface area (Å²) in [6, 6.07) is 10.3. The number of anilines is 1. The van der Waals surface area contributed by atoms with Crippen LogP contribution >= 0.6 is 11.3 Å². The normalized spacial score (nSPS) is 14.9. The van der Waals surface area contributed by atoms with Gasteiger partial charge in [0.1, 0.15) is 0 Å². The monoisotopic (exact) mass is 311 g/mol. The zero-order chi connectivity index (χ0) is 14.9. The van der Waals surface area contributed by atoms with E-state index < -0.39 is 0 Å². The molecule has 4 rings (SSSR count). The molecule has 5 nitrogen and oxygen atoms in total. The fourth-order valence-corrected chi connectivity index (χ4v) is 3.66. The Kier molecular flexibility index (Phi) is 3.40. The average Bonchev–Trinajstić information content (AvgIpc) is 3.14. The summed E-state index contributed by atoms with van der Waals surface area (Å²) in [5.41, 5.74) is 9.47. The lowest BCUT2D eigenvalue weighted by Gasteiger charge is -2.26. The predicted molar refractivity (Wildman–Crippen MR) is 87.9 cm³/mol. The van der Waals surface area contributed by atoms with Gasteiger partial charge in [-0.25, -0.2) is 9.67 Å². The maximum absolute atomic E-state index is 5.70. The largest absolute Gasteiger partial charge is 0.375 e. The number of nitrogens with two attached hydrogens (primary N) is 1. The molecular weight excluding hydrogens is 294 g/mol. The van der Waals surface area contributed by atoms with Crippen molar-refractivity contribution in [2.75, 3.05) is 12.3 Å². The predicted octanol–water partition coefficient (Wildman–Crippen LogP) is 2.47. The van der Waals surface area contributed by atoms with E-state index >= 15 is 0 Å². The number of rotatable bonds is 3. The Hall–Kier alpha value is -2.18. The van der Waals surface area contributed by atoms with Crippen LogP contribution in [0.2, 0.25) is 0 Å². The van der Waals surface area contributed by atoms with Crippen molar-refractivity contribution < 1.29 is 0 Å². The van der Waals surface area contributed by atoms with Crippen LogP contribution in [0.3, 0.4) is 0 Å². The highest BCUT2D eigenvalue weighted by Crippen LogP contribution is 2.24. The molecule has 3 aromatic rings. The molecule has 0 unspecified atom stereocenters. The fourth-order valence-electron chi connectivity index (χ4n) is 2.93. The highest BCUT2D eigenvalue weighted by molar-refractivity contribution is 7.15. The molecule has 0 atom stereocenters. The summed E-state index contributed by atoms with van der Waals surface area (Å²) in [6.07, 6.45) is 4.89. The number of benzene rings is 1. The molecule has 0 spiro atoms. The Bertz CT molecular complexity index is 777. The SMILES string of the molecule is Nc1ncc(CN2CCc3c(cnn3-c3ccccc3)C2)s1. The molecule has 0 amide bonds. The summed E-state index contributed by atoms with van der Waals surface area (Å²) in [4.78, 5) is 7.77. The molecule has 0 aliphatic carbocycles. The van der Waals surface area contributed by atoms with Crippen LogP contribution < -0.4 is 5.73 Å². The summed E-state index contributed by atoms with van der Waals surface area (Å²) < 4.78 is 2.07. The molecule has 0 saturated heterocycles. The Labute approximate surface area is 133 Å². The van der Waals surface area contributed by atoms with E-state index in [1.165, 1.54) is 16.1 Å². The van der Waals surface area contributed by atoms with Crippen LogP contribution in [0.5, 0.6) is 0 Å². The van der Waals surface area contributed by atoms with Gasteiger partial charge in [0.15, 0.2) is 5.13 Å². The van der Waals surface area contributed by atoms with E-state index in [2.05, 4.69) is 31.8 Å². The summed E-state index contributed by atoms with van der Waals surface area (Å²) in [7, 11) is 0. The van der Waals surface area contributed by atoms with Crippen LogP contribution in [0.15, 0.2) is 42.7 Å². The molecule has 22 heavy (non-hydrogen) atoms. The van der Waals surface area contributed by atoms with Gasteiger partial charge in [0.2, 0.25) is 0 Å². The lowest BCUT2D eigenvalue weighted by molar-refractivity contribution is 0.245. The average molecular weight is 311 g/mol. The van der Waals surface area contributed by atoms with Gasteiger partial charge in [0.05, 0.1) is 11.9 Å². The van der Waals surface area contributed by atoms with Gasteiger partial charge in [-0.3, -0.25) is 4.90 Å². The molecule has 3 heterocycles. The zero-order valence-electron chi connectivity index (χ0n) is 12.1. The minimum atomic E-state index is 0.643. The van der Waals surface area contributed by atoms with Crippen molar-refractivity contribution in [3.8, 4) is 5.69 Å². The van der Waals surface area contributed by atoms with Crippen LogP contribution in [0.25, 0.3) is 5.69 Å². The third kappa shape index (κ3) is 2.51. The van der Waals surface area contributed by atoms with Gasteiger partial charge in [0, 0.05) is 48.4 Å². The number of fused-ring (bicyclic) bond motifs is 1. The minimum Gasteiger partial charge on any atom is -0.375 e. The molecule has 112 valence electrons. The Morgan fingerprint density at radius 2 is 2.05 bits per heavy atom. The molecular formula is C16H17N5S. The van der Waals surface area contributed by atoms with Crippen LogP contribution in [0.1, 0.15) is 16.1 Å². The van der Waals surface area contributed by atoms with Crippen molar-refractivity contribution in [2.45, 2.75) is 19.5 Å². The number of nitrogen functional groups attached to an aromatic ring is 1. The second-order valence-corrected chi connectivity index (χ2v) is 6.64. The maximum Gasteiger partial charge on any atom is 0.180 e. The third-order valence-electron chi connectivity index (χ3n) is 3.97. The summed E-state index contributed by atoms with van der Waals surface area (Å²) in [5, 5.41) is 5.22. The van der Waals surface area contributed by atoms with Crippen molar-refractivity contribution in [3.05, 3.63) is 58.9 Å². The summed E-state index contributed by atoms with van der Waals surface area (Å²) in [5.74, 6) is 0. The van der Waals surface area contributed by atoms with E-state index in [-0.39, 0.29) is 0 Å². The van der Waals surface area contributed by atoms with Gasteiger partial charge in [-0.2, -0.15) is 5.10 Å². The number of para-hydroxylation sites is 1. The third-order valence-corrected chi connectivity index (χ3v) is 4.78. The van der Waals surface area contributed by atoms with Crippen molar-refractivity contribution >= 4 is 16.5 Å². The Morgan fingerprint density at radius 1 is 1.18 bits per heavy atom. The van der Waals surface area contributed by atoms with Crippen LogP contribution in [-0.4, -0.2) is 26.2 Å². The fraction of sp³-hybridized carbons (Fsp3) is 0.250. The highest BCUT2D eigenvalue weighted by Gasteiger charge is 2.21. The second-order valence-electron chi connectivity index (χ2n) is 5.49. The molecule has 1 aliphatic rings. The second kappa shape index (κ2) is 5.55. The maximum atomic E-state index is 5.70. The van der Waals surface area contributed by atoms with Crippen LogP contribution in [0, 0.1) is 0 Å². The van der Waals surface area contributed by atoms with E-state index in [0.717, 1.165) is 31.7 Å². The molecule has 0 radical (unpaired) electrons. The number of aromatic nitrogens is 3. The van der Waals surface area contributed by atoms with E-state index in [0.29, 0.717) is 5.13 Å². The van der Waals surface area contributed by atoms with E-state index in [9.17, 15) is 0 Å². The van der Waals surface area contributed by atoms with Crippen LogP contribution in [-0.2, 0) is 19.5 Å². The van der Waals surface area contributed by atoms with Crippen molar-refractivity contribution in [1.82, 2.24) is 19.7 Å². The first-order chi connectivity index (χ1) is 10.8.